The molecule has 0 aliphatic rings. The second kappa shape index (κ2) is 12.2. The minimum absolute atomic E-state index is 0.00330. The molecule has 204 valence electrons. The average Bonchev–Trinajstić information content (AvgIpc) is 2.90. The number of halogens is 1. The van der Waals surface area contributed by atoms with E-state index in [1.165, 1.54) is 4.57 Å². The van der Waals surface area contributed by atoms with Crippen LogP contribution in [-0.2, 0) is 27.7 Å². The molecule has 0 aliphatic carbocycles. The minimum atomic E-state index is -4.67. The summed E-state index contributed by atoms with van der Waals surface area (Å²) in [5.41, 5.74) is -0.268. The summed E-state index contributed by atoms with van der Waals surface area (Å²) in [5, 5.41) is 3.53. The quantitative estimate of drug-likeness (QED) is 0.255. The maximum absolute atomic E-state index is 13.5. The molecule has 0 radical (unpaired) electrons. The second-order valence-electron chi connectivity index (χ2n) is 8.56. The van der Waals surface area contributed by atoms with E-state index in [9.17, 15) is 18.0 Å². The predicted molar refractivity (Wildman–Crippen MR) is 144 cm³/mol. The lowest BCUT2D eigenvalue weighted by Gasteiger charge is -2.17. The van der Waals surface area contributed by atoms with Gasteiger partial charge in [-0.05, 0) is 53.9 Å². The smallest absolute Gasteiger partial charge is 0.397 e. The average molecular weight is 574 g/mol. The highest BCUT2D eigenvalue weighted by atomic mass is 35.5. The fourth-order valence-electron chi connectivity index (χ4n) is 3.53. The van der Waals surface area contributed by atoms with Crippen molar-refractivity contribution in [2.45, 2.75) is 20.0 Å². The number of pyridine rings is 1. The third-order valence-corrected chi connectivity index (χ3v) is 6.06. The fraction of sp³-hybridized carbons (Fsp3) is 0.200. The zero-order valence-corrected chi connectivity index (χ0v) is 22.2. The van der Waals surface area contributed by atoms with Crippen LogP contribution < -0.4 is 21.4 Å². The normalized spacial score (nSPS) is 12.2. The minimum Gasteiger partial charge on any atom is -0.439 e. The van der Waals surface area contributed by atoms with Gasteiger partial charge in [-0.2, -0.15) is 13.4 Å². The molecule has 4 aromatic rings. The first-order valence-electron chi connectivity index (χ1n) is 11.6. The van der Waals surface area contributed by atoms with Crippen LogP contribution in [0, 0.1) is 5.92 Å². The van der Waals surface area contributed by atoms with Gasteiger partial charge in [0.05, 0.1) is 13.2 Å². The van der Waals surface area contributed by atoms with Crippen LogP contribution >= 0.6 is 11.6 Å². The lowest BCUT2D eigenvalue weighted by atomic mass is 10.2. The maximum Gasteiger partial charge on any atom is 0.397 e. The van der Waals surface area contributed by atoms with Crippen LogP contribution in [0.15, 0.2) is 82.5 Å². The summed E-state index contributed by atoms with van der Waals surface area (Å²) >= 11 is 5.99. The van der Waals surface area contributed by atoms with Gasteiger partial charge >= 0.3 is 21.8 Å². The van der Waals surface area contributed by atoms with Crippen molar-refractivity contribution in [2.75, 3.05) is 11.9 Å². The van der Waals surface area contributed by atoms with Gasteiger partial charge in [0.25, 0.3) is 0 Å². The molecule has 0 saturated carbocycles. The predicted octanol–water partition coefficient (Wildman–Crippen LogP) is 3.49. The molecule has 0 bridgehead atoms. The van der Waals surface area contributed by atoms with Gasteiger partial charge in [-0.25, -0.2) is 23.3 Å². The summed E-state index contributed by atoms with van der Waals surface area (Å²) in [5.74, 6) is 0.337. The molecule has 2 aromatic heterocycles. The summed E-state index contributed by atoms with van der Waals surface area (Å²) in [6.07, 6.45) is 1.61. The summed E-state index contributed by atoms with van der Waals surface area (Å²) in [6, 6.07) is 18.9. The van der Waals surface area contributed by atoms with Crippen molar-refractivity contribution < 1.29 is 21.9 Å². The largest absolute Gasteiger partial charge is 0.439 e. The molecule has 12 nitrogen and oxygen atoms in total. The number of hydrogen-bond acceptors (Lipinski definition) is 9. The molecular weight excluding hydrogens is 550 g/mol. The highest BCUT2D eigenvalue weighted by Crippen LogP contribution is 2.22. The van der Waals surface area contributed by atoms with Crippen molar-refractivity contribution in [2.24, 2.45) is 5.92 Å². The maximum atomic E-state index is 13.5. The van der Waals surface area contributed by atoms with E-state index in [0.717, 1.165) is 10.1 Å². The highest BCUT2D eigenvalue weighted by molar-refractivity contribution is 7.80. The van der Waals surface area contributed by atoms with Crippen LogP contribution in [0.4, 0.5) is 11.6 Å². The zero-order chi connectivity index (χ0) is 28.0. The SMILES string of the molecule is C[C@H](COS(=O)(=O)O)Cn1c(=O)nc(Nc2ccc(Oc3ccccn3)cc2)n(Cc2ccc(Cl)cc2)c1=O. The highest BCUT2D eigenvalue weighted by Gasteiger charge is 2.18. The van der Waals surface area contributed by atoms with E-state index in [1.54, 1.807) is 79.9 Å². The van der Waals surface area contributed by atoms with E-state index in [2.05, 4.69) is 19.5 Å². The van der Waals surface area contributed by atoms with Crippen LogP contribution in [-0.4, -0.2) is 38.7 Å². The molecule has 2 heterocycles. The number of hydrogen-bond donors (Lipinski definition) is 2. The Labute approximate surface area is 228 Å². The number of ether oxygens (including phenoxy) is 1. The van der Waals surface area contributed by atoms with Crippen LogP contribution in [0.3, 0.4) is 0 Å². The molecule has 1 atom stereocenters. The molecular formula is C25H24ClN5O7S. The molecule has 2 N–H and O–H groups in total. The van der Waals surface area contributed by atoms with Gasteiger partial charge in [-0.1, -0.05) is 36.7 Å². The van der Waals surface area contributed by atoms with Gasteiger partial charge in [-0.15, -0.1) is 0 Å². The Morgan fingerprint density at radius 2 is 1.74 bits per heavy atom. The summed E-state index contributed by atoms with van der Waals surface area (Å²) < 4.78 is 42.8. The number of rotatable bonds is 11. The van der Waals surface area contributed by atoms with Crippen LogP contribution in [0.25, 0.3) is 0 Å². The Hall–Kier alpha value is -4.04. The van der Waals surface area contributed by atoms with E-state index < -0.39 is 34.3 Å². The number of anilines is 2. The van der Waals surface area contributed by atoms with Crippen molar-refractivity contribution >= 4 is 33.6 Å². The van der Waals surface area contributed by atoms with E-state index in [0.29, 0.717) is 22.3 Å². The Balaban J connectivity index is 1.63. The fourth-order valence-corrected chi connectivity index (χ4v) is 4.06. The van der Waals surface area contributed by atoms with Crippen LogP contribution in [0.5, 0.6) is 11.6 Å². The third kappa shape index (κ3) is 7.97. The van der Waals surface area contributed by atoms with Gasteiger partial charge in [0.15, 0.2) is 0 Å². The molecule has 0 spiro atoms. The molecule has 0 saturated heterocycles. The molecule has 4 rings (SSSR count). The summed E-state index contributed by atoms with van der Waals surface area (Å²) in [4.78, 5) is 34.5. The number of aromatic nitrogens is 4. The second-order valence-corrected chi connectivity index (χ2v) is 10.1. The molecule has 2 aromatic carbocycles. The number of benzene rings is 2. The standard InChI is InChI=1S/C25H24ClN5O7S/c1-17(16-37-39(34,35)36)14-31-24(32)29-23(30(25(31)33)15-18-5-7-19(26)8-6-18)28-20-9-11-21(12-10-20)38-22-4-2-3-13-27-22/h2-13,17H,14-16H2,1H3,(H,28,29,32)(H,34,35,36)/t17-/m0/s1. The van der Waals surface area contributed by atoms with Gasteiger partial charge in [0, 0.05) is 29.5 Å². The molecule has 0 fully saturated rings. The third-order valence-electron chi connectivity index (χ3n) is 5.37. The van der Waals surface area contributed by atoms with Gasteiger partial charge in [0.1, 0.15) is 5.75 Å². The molecule has 39 heavy (non-hydrogen) atoms. The van der Waals surface area contributed by atoms with Crippen molar-refractivity contribution in [1.82, 2.24) is 19.1 Å². The Morgan fingerprint density at radius 1 is 1.03 bits per heavy atom. The Kier molecular flexibility index (Phi) is 8.76. The van der Waals surface area contributed by atoms with Crippen LogP contribution in [0.2, 0.25) is 5.02 Å². The summed E-state index contributed by atoms with van der Waals surface area (Å²) in [6.45, 7) is 0.985. The van der Waals surface area contributed by atoms with E-state index in [-0.39, 0.29) is 19.0 Å². The van der Waals surface area contributed by atoms with Crippen LogP contribution in [0.1, 0.15) is 12.5 Å². The van der Waals surface area contributed by atoms with Gasteiger partial charge in [0.2, 0.25) is 11.8 Å². The lowest BCUT2D eigenvalue weighted by molar-refractivity contribution is 0.216. The number of nitrogens with zero attached hydrogens (tertiary/aromatic N) is 4. The van der Waals surface area contributed by atoms with Crippen molar-refractivity contribution in [1.29, 1.82) is 0 Å². The molecule has 14 heteroatoms. The zero-order valence-electron chi connectivity index (χ0n) is 20.6. The molecule has 0 aliphatic heterocycles. The Bertz CT molecular complexity index is 1640. The van der Waals surface area contributed by atoms with E-state index in [4.69, 9.17) is 20.9 Å². The van der Waals surface area contributed by atoms with Crippen molar-refractivity contribution in [3.8, 4) is 11.6 Å². The molecule has 0 unspecified atom stereocenters. The van der Waals surface area contributed by atoms with Gasteiger partial charge < -0.3 is 10.1 Å². The first-order valence-corrected chi connectivity index (χ1v) is 13.4. The lowest BCUT2D eigenvalue weighted by Crippen LogP contribution is -2.44. The van der Waals surface area contributed by atoms with E-state index in [1.807, 2.05) is 0 Å². The Morgan fingerprint density at radius 3 is 2.38 bits per heavy atom. The first-order chi connectivity index (χ1) is 18.6. The monoisotopic (exact) mass is 573 g/mol. The van der Waals surface area contributed by atoms with Gasteiger partial charge in [-0.3, -0.25) is 9.12 Å². The van der Waals surface area contributed by atoms with Crippen molar-refractivity contribution in [3.63, 3.8) is 0 Å². The van der Waals surface area contributed by atoms with E-state index >= 15 is 0 Å². The summed E-state index contributed by atoms with van der Waals surface area (Å²) in [7, 11) is -4.67. The topological polar surface area (TPSA) is 155 Å². The molecule has 0 amide bonds. The van der Waals surface area contributed by atoms with Crippen molar-refractivity contribution in [3.05, 3.63) is 104 Å². The first kappa shape index (κ1) is 28.0. The number of nitrogens with one attached hydrogen (secondary N) is 1.